The number of likely N-dealkylation sites (tertiary alicyclic amines) is 1. The zero-order valence-electron chi connectivity index (χ0n) is 15.4. The monoisotopic (exact) mass is 383 g/mol. The fourth-order valence-corrected chi connectivity index (χ4v) is 5.84. The van der Waals surface area contributed by atoms with Crippen LogP contribution in [0.2, 0.25) is 0 Å². The van der Waals surface area contributed by atoms with Gasteiger partial charge in [0.05, 0.1) is 4.88 Å². The van der Waals surface area contributed by atoms with Crippen LogP contribution in [0.3, 0.4) is 0 Å². The lowest BCUT2D eigenvalue weighted by Gasteiger charge is -2.26. The number of nitrogens with one attached hydrogen (secondary N) is 2. The number of piperidine rings is 1. The third kappa shape index (κ3) is 3.25. The minimum Gasteiger partial charge on any atom is -0.348 e. The summed E-state index contributed by atoms with van der Waals surface area (Å²) in [6.07, 6.45) is 6.82. The molecule has 0 saturated carbocycles. The molecule has 2 aromatic rings. The van der Waals surface area contributed by atoms with E-state index in [9.17, 15) is 9.59 Å². The smallest absolute Gasteiger partial charge is 0.263 e. The molecule has 4 heterocycles. The highest BCUT2D eigenvalue weighted by Crippen LogP contribution is 2.30. The van der Waals surface area contributed by atoms with Crippen molar-refractivity contribution in [2.75, 3.05) is 13.1 Å². The maximum absolute atomic E-state index is 12.7. The van der Waals surface area contributed by atoms with Gasteiger partial charge in [-0.1, -0.05) is 6.07 Å². The molecule has 27 heavy (non-hydrogen) atoms. The predicted octanol–water partition coefficient (Wildman–Crippen LogP) is 3.15. The molecule has 2 amide bonds. The molecular formula is C21H25N3O2S. The third-order valence-corrected chi connectivity index (χ3v) is 7.34. The normalized spacial score (nSPS) is 27.3. The Morgan fingerprint density at radius 3 is 2.70 bits per heavy atom. The van der Waals surface area contributed by atoms with Crippen molar-refractivity contribution < 1.29 is 9.59 Å². The van der Waals surface area contributed by atoms with Crippen molar-refractivity contribution in [3.63, 3.8) is 0 Å². The second-order valence-corrected chi connectivity index (χ2v) is 9.16. The molecule has 3 atom stereocenters. The number of thiophene rings is 1. The van der Waals surface area contributed by atoms with E-state index in [0.717, 1.165) is 53.7 Å². The number of hydrogen-bond acceptors (Lipinski definition) is 4. The van der Waals surface area contributed by atoms with Gasteiger partial charge in [0.15, 0.2) is 0 Å². The van der Waals surface area contributed by atoms with Gasteiger partial charge in [0.1, 0.15) is 0 Å². The zero-order valence-corrected chi connectivity index (χ0v) is 16.2. The summed E-state index contributed by atoms with van der Waals surface area (Å²) in [6, 6.07) is 8.99. The summed E-state index contributed by atoms with van der Waals surface area (Å²) < 4.78 is 1.01. The molecule has 5 nitrogen and oxygen atoms in total. The van der Waals surface area contributed by atoms with Crippen LogP contribution in [0.4, 0.5) is 0 Å². The Kier molecular flexibility index (Phi) is 4.40. The molecule has 142 valence electrons. The summed E-state index contributed by atoms with van der Waals surface area (Å²) in [4.78, 5) is 28.2. The molecule has 0 radical (unpaired) electrons. The molecule has 3 saturated heterocycles. The zero-order chi connectivity index (χ0) is 18.4. The van der Waals surface area contributed by atoms with Gasteiger partial charge in [0.2, 0.25) is 0 Å². The summed E-state index contributed by atoms with van der Waals surface area (Å²) in [6.45, 7) is 1.72. The van der Waals surface area contributed by atoms with Crippen molar-refractivity contribution in [3.05, 3.63) is 34.7 Å². The van der Waals surface area contributed by atoms with Gasteiger partial charge in [0, 0.05) is 41.5 Å². The van der Waals surface area contributed by atoms with Crippen LogP contribution in [0.5, 0.6) is 0 Å². The summed E-state index contributed by atoms with van der Waals surface area (Å²) in [7, 11) is 0. The lowest BCUT2D eigenvalue weighted by molar-refractivity contribution is 0.0729. The Hall–Kier alpha value is -1.92. The number of fused-ring (bicyclic) bond motifs is 3. The molecule has 2 bridgehead atoms. The number of nitrogens with zero attached hydrogens (tertiary/aromatic N) is 1. The molecular weight excluding hydrogens is 358 g/mol. The first-order chi connectivity index (χ1) is 13.2. The average molecular weight is 384 g/mol. The molecule has 1 aromatic heterocycles. The lowest BCUT2D eigenvalue weighted by atomic mass is 9.95. The topological polar surface area (TPSA) is 61.4 Å². The molecule has 0 spiro atoms. The fourth-order valence-electron chi connectivity index (χ4n) is 4.77. The van der Waals surface area contributed by atoms with Crippen LogP contribution in [-0.4, -0.2) is 47.9 Å². The van der Waals surface area contributed by atoms with Crippen LogP contribution in [0.25, 0.3) is 10.1 Å². The van der Waals surface area contributed by atoms with Gasteiger partial charge in [-0.05, 0) is 62.1 Å². The summed E-state index contributed by atoms with van der Waals surface area (Å²) in [5, 5.41) is 7.80. The van der Waals surface area contributed by atoms with E-state index in [4.69, 9.17) is 0 Å². The van der Waals surface area contributed by atoms with E-state index in [2.05, 4.69) is 10.6 Å². The fraction of sp³-hybridized carbons (Fsp3) is 0.524. The van der Waals surface area contributed by atoms with E-state index in [0.29, 0.717) is 17.6 Å². The number of carbonyl (C=O) groups is 2. The number of carbonyl (C=O) groups excluding carboxylic acids is 2. The number of amides is 2. The van der Waals surface area contributed by atoms with Crippen molar-refractivity contribution in [2.45, 2.75) is 56.7 Å². The number of rotatable bonds is 3. The second kappa shape index (κ2) is 6.91. The molecule has 0 aliphatic carbocycles. The SMILES string of the molecule is O=C(N[C@@H]1C[C@H]2CC[C@@H]1N2)c1ccc2cc(C(=O)N3CCCCC3)sc2c1. The maximum Gasteiger partial charge on any atom is 0.263 e. The molecule has 1 aromatic carbocycles. The van der Waals surface area contributed by atoms with Gasteiger partial charge in [-0.15, -0.1) is 11.3 Å². The molecule has 3 aliphatic heterocycles. The Labute approximate surface area is 163 Å². The second-order valence-electron chi connectivity index (χ2n) is 8.08. The summed E-state index contributed by atoms with van der Waals surface area (Å²) in [5.41, 5.74) is 0.684. The molecule has 0 unspecified atom stereocenters. The van der Waals surface area contributed by atoms with E-state index >= 15 is 0 Å². The van der Waals surface area contributed by atoms with Crippen LogP contribution in [0.1, 0.15) is 58.6 Å². The van der Waals surface area contributed by atoms with Crippen molar-refractivity contribution >= 4 is 33.2 Å². The first kappa shape index (κ1) is 17.2. The average Bonchev–Trinajstić information content (AvgIpc) is 3.42. The van der Waals surface area contributed by atoms with E-state index in [1.165, 1.54) is 24.2 Å². The van der Waals surface area contributed by atoms with E-state index in [1.807, 2.05) is 29.2 Å². The van der Waals surface area contributed by atoms with Crippen LogP contribution >= 0.6 is 11.3 Å². The Morgan fingerprint density at radius 2 is 1.96 bits per heavy atom. The van der Waals surface area contributed by atoms with E-state index in [1.54, 1.807) is 0 Å². The van der Waals surface area contributed by atoms with Crippen LogP contribution < -0.4 is 10.6 Å². The Bertz CT molecular complexity index is 887. The first-order valence-corrected chi connectivity index (χ1v) is 10.9. The highest BCUT2D eigenvalue weighted by atomic mass is 32.1. The van der Waals surface area contributed by atoms with Gasteiger partial charge in [-0.2, -0.15) is 0 Å². The van der Waals surface area contributed by atoms with Gasteiger partial charge in [0.25, 0.3) is 11.8 Å². The quantitative estimate of drug-likeness (QED) is 0.856. The van der Waals surface area contributed by atoms with Crippen LogP contribution in [0.15, 0.2) is 24.3 Å². The minimum absolute atomic E-state index is 0.00597. The summed E-state index contributed by atoms with van der Waals surface area (Å²) >= 11 is 1.50. The standard InChI is InChI=1S/C21H25N3O2S/c25-20(23-17-12-15-6-7-16(17)22-15)14-5-4-13-10-19(27-18(13)11-14)21(26)24-8-2-1-3-9-24/h4-5,10-11,15-17,22H,1-3,6-9,12H2,(H,23,25)/t15-,16+,17-/m1/s1. The van der Waals surface area contributed by atoms with Crippen molar-refractivity contribution in [1.82, 2.24) is 15.5 Å². The molecule has 3 aliphatic rings. The van der Waals surface area contributed by atoms with Gasteiger partial charge in [-0.3, -0.25) is 9.59 Å². The van der Waals surface area contributed by atoms with Crippen molar-refractivity contribution in [3.8, 4) is 0 Å². The Balaban J connectivity index is 1.32. The van der Waals surface area contributed by atoms with Crippen molar-refractivity contribution in [2.24, 2.45) is 0 Å². The molecule has 5 rings (SSSR count). The largest absolute Gasteiger partial charge is 0.348 e. The number of benzene rings is 1. The van der Waals surface area contributed by atoms with E-state index in [-0.39, 0.29) is 17.9 Å². The summed E-state index contributed by atoms with van der Waals surface area (Å²) in [5.74, 6) is 0.128. The van der Waals surface area contributed by atoms with E-state index < -0.39 is 0 Å². The molecule has 6 heteroatoms. The molecule has 3 fully saturated rings. The van der Waals surface area contributed by atoms with Gasteiger partial charge >= 0.3 is 0 Å². The highest BCUT2D eigenvalue weighted by molar-refractivity contribution is 7.20. The third-order valence-electron chi connectivity index (χ3n) is 6.25. The minimum atomic E-state index is -0.00597. The van der Waals surface area contributed by atoms with Gasteiger partial charge < -0.3 is 15.5 Å². The van der Waals surface area contributed by atoms with Crippen LogP contribution in [-0.2, 0) is 0 Å². The Morgan fingerprint density at radius 1 is 1.11 bits per heavy atom. The van der Waals surface area contributed by atoms with Gasteiger partial charge in [-0.25, -0.2) is 0 Å². The lowest BCUT2D eigenvalue weighted by Crippen LogP contribution is -2.42. The number of hydrogen-bond donors (Lipinski definition) is 2. The first-order valence-electron chi connectivity index (χ1n) is 10.1. The van der Waals surface area contributed by atoms with Crippen LogP contribution in [0, 0.1) is 0 Å². The van der Waals surface area contributed by atoms with Crippen molar-refractivity contribution in [1.29, 1.82) is 0 Å². The maximum atomic E-state index is 12.7. The highest BCUT2D eigenvalue weighted by Gasteiger charge is 2.39. The predicted molar refractivity (Wildman–Crippen MR) is 107 cm³/mol. The molecule has 2 N–H and O–H groups in total.